The van der Waals surface area contributed by atoms with Crippen LogP contribution in [0, 0.1) is 5.92 Å². The summed E-state index contributed by atoms with van der Waals surface area (Å²) in [4.78, 5) is 12.7. The Morgan fingerprint density at radius 3 is 2.95 bits per heavy atom. The standard InChI is InChI=1S/C13H17F3N2O2S/c1-8(18-12(19)9-4-5-17-6-9)10-2-3-11(21-10)20-7-13(14,15)16/h2-3,8-9,17H,4-7H2,1H3,(H,18,19)/t8?,9-/m0/s1. The molecule has 1 aliphatic heterocycles. The molecule has 1 fully saturated rings. The Morgan fingerprint density at radius 1 is 1.57 bits per heavy atom. The number of rotatable bonds is 5. The fourth-order valence-electron chi connectivity index (χ4n) is 2.08. The lowest BCUT2D eigenvalue weighted by Gasteiger charge is -2.15. The molecule has 1 unspecified atom stereocenters. The van der Waals surface area contributed by atoms with Crippen LogP contribution in [0.1, 0.15) is 24.3 Å². The molecule has 1 saturated heterocycles. The van der Waals surface area contributed by atoms with E-state index in [2.05, 4.69) is 15.4 Å². The van der Waals surface area contributed by atoms with Crippen molar-refractivity contribution >= 4 is 17.2 Å². The van der Waals surface area contributed by atoms with Crippen LogP contribution in [0.15, 0.2) is 12.1 Å². The highest BCUT2D eigenvalue weighted by molar-refractivity contribution is 7.13. The summed E-state index contributed by atoms with van der Waals surface area (Å²) in [6, 6.07) is 2.92. The molecule has 1 aliphatic rings. The molecule has 0 radical (unpaired) electrons. The van der Waals surface area contributed by atoms with Gasteiger partial charge in [-0.25, -0.2) is 0 Å². The molecule has 2 heterocycles. The summed E-state index contributed by atoms with van der Waals surface area (Å²) in [5, 5.41) is 6.19. The van der Waals surface area contributed by atoms with Crippen LogP contribution in [0.3, 0.4) is 0 Å². The molecule has 4 nitrogen and oxygen atoms in total. The van der Waals surface area contributed by atoms with Gasteiger partial charge in [0.1, 0.15) is 0 Å². The van der Waals surface area contributed by atoms with E-state index >= 15 is 0 Å². The van der Waals surface area contributed by atoms with Gasteiger partial charge in [-0.1, -0.05) is 0 Å². The minimum absolute atomic E-state index is 0.0290. The van der Waals surface area contributed by atoms with Crippen molar-refractivity contribution in [1.29, 1.82) is 0 Å². The first-order valence-corrected chi connectivity index (χ1v) is 7.47. The number of carbonyl (C=O) groups excluding carboxylic acids is 1. The lowest BCUT2D eigenvalue weighted by atomic mass is 10.1. The lowest BCUT2D eigenvalue weighted by Crippen LogP contribution is -2.33. The van der Waals surface area contributed by atoms with E-state index in [9.17, 15) is 18.0 Å². The van der Waals surface area contributed by atoms with Gasteiger partial charge in [-0.2, -0.15) is 13.2 Å². The number of thiophene rings is 1. The maximum Gasteiger partial charge on any atom is 0.422 e. The van der Waals surface area contributed by atoms with E-state index in [0.717, 1.165) is 29.2 Å². The zero-order valence-electron chi connectivity index (χ0n) is 11.5. The molecule has 118 valence electrons. The third-order valence-electron chi connectivity index (χ3n) is 3.20. The van der Waals surface area contributed by atoms with Crippen molar-refractivity contribution in [3.05, 3.63) is 17.0 Å². The van der Waals surface area contributed by atoms with Crippen LogP contribution in [0.2, 0.25) is 0 Å². The Morgan fingerprint density at radius 2 is 2.33 bits per heavy atom. The first-order valence-electron chi connectivity index (χ1n) is 6.65. The van der Waals surface area contributed by atoms with Gasteiger partial charge in [0, 0.05) is 11.4 Å². The predicted octanol–water partition coefficient (Wildman–Crippen LogP) is 2.48. The molecule has 1 aromatic rings. The SMILES string of the molecule is CC(NC(=O)[C@H]1CCNC1)c1ccc(OCC(F)(F)F)s1. The van der Waals surface area contributed by atoms with Crippen molar-refractivity contribution in [2.24, 2.45) is 5.92 Å². The fraction of sp³-hybridized carbons (Fsp3) is 0.615. The lowest BCUT2D eigenvalue weighted by molar-refractivity contribution is -0.152. The van der Waals surface area contributed by atoms with Crippen LogP contribution in [-0.2, 0) is 4.79 Å². The summed E-state index contributed by atoms with van der Waals surface area (Å²) in [6.07, 6.45) is -3.54. The summed E-state index contributed by atoms with van der Waals surface area (Å²) in [6.45, 7) is 2.00. The Labute approximate surface area is 124 Å². The van der Waals surface area contributed by atoms with E-state index in [1.165, 1.54) is 6.07 Å². The molecule has 0 bridgehead atoms. The molecule has 21 heavy (non-hydrogen) atoms. The molecular weight excluding hydrogens is 305 g/mol. The summed E-state index contributed by atoms with van der Waals surface area (Å²) in [7, 11) is 0. The van der Waals surface area contributed by atoms with Gasteiger partial charge in [-0.3, -0.25) is 4.79 Å². The third kappa shape index (κ3) is 4.89. The first-order chi connectivity index (χ1) is 9.85. The summed E-state index contributed by atoms with van der Waals surface area (Å²) in [5.41, 5.74) is 0. The van der Waals surface area contributed by atoms with Crippen molar-refractivity contribution in [1.82, 2.24) is 10.6 Å². The van der Waals surface area contributed by atoms with Gasteiger partial charge >= 0.3 is 6.18 Å². The first kappa shape index (κ1) is 16.1. The number of hydrogen-bond acceptors (Lipinski definition) is 4. The molecule has 2 N–H and O–H groups in total. The molecule has 2 rings (SSSR count). The Kier molecular flexibility index (Phi) is 5.10. The van der Waals surface area contributed by atoms with E-state index in [-0.39, 0.29) is 22.9 Å². The van der Waals surface area contributed by atoms with Gasteiger partial charge in [-0.15, -0.1) is 11.3 Å². The predicted molar refractivity (Wildman–Crippen MR) is 73.4 cm³/mol. The molecule has 0 aromatic carbocycles. The molecular formula is C13H17F3N2O2S. The van der Waals surface area contributed by atoms with E-state index in [1.54, 1.807) is 13.0 Å². The number of hydrogen-bond donors (Lipinski definition) is 2. The van der Waals surface area contributed by atoms with Crippen LogP contribution in [0.5, 0.6) is 5.06 Å². The summed E-state index contributed by atoms with van der Waals surface area (Å²) in [5.74, 6) is -0.0629. The largest absolute Gasteiger partial charge is 0.475 e. The second kappa shape index (κ2) is 6.65. The van der Waals surface area contributed by atoms with Crippen LogP contribution >= 0.6 is 11.3 Å². The minimum atomic E-state index is -4.35. The zero-order chi connectivity index (χ0) is 15.5. The maximum absolute atomic E-state index is 12.1. The number of amides is 1. The van der Waals surface area contributed by atoms with Crippen LogP contribution in [0.25, 0.3) is 0 Å². The summed E-state index contributed by atoms with van der Waals surface area (Å²) < 4.78 is 40.9. The van der Waals surface area contributed by atoms with Gasteiger partial charge in [0.25, 0.3) is 0 Å². The van der Waals surface area contributed by atoms with Crippen molar-refractivity contribution in [2.45, 2.75) is 25.6 Å². The molecule has 2 atom stereocenters. The monoisotopic (exact) mass is 322 g/mol. The highest BCUT2D eigenvalue weighted by Crippen LogP contribution is 2.30. The fourth-order valence-corrected chi connectivity index (χ4v) is 2.94. The van der Waals surface area contributed by atoms with Crippen molar-refractivity contribution in [3.63, 3.8) is 0 Å². The van der Waals surface area contributed by atoms with E-state index in [1.807, 2.05) is 0 Å². The topological polar surface area (TPSA) is 50.4 Å². The van der Waals surface area contributed by atoms with Crippen LogP contribution < -0.4 is 15.4 Å². The van der Waals surface area contributed by atoms with Gasteiger partial charge in [-0.05, 0) is 32.0 Å². The highest BCUT2D eigenvalue weighted by atomic mass is 32.1. The maximum atomic E-state index is 12.1. The molecule has 0 aliphatic carbocycles. The quantitative estimate of drug-likeness (QED) is 0.876. The number of alkyl halides is 3. The molecule has 0 spiro atoms. The average molecular weight is 322 g/mol. The van der Waals surface area contributed by atoms with Gasteiger partial charge in [0.15, 0.2) is 11.7 Å². The number of carbonyl (C=O) groups is 1. The van der Waals surface area contributed by atoms with Crippen molar-refractivity contribution in [3.8, 4) is 5.06 Å². The van der Waals surface area contributed by atoms with E-state index < -0.39 is 12.8 Å². The average Bonchev–Trinajstić information content (AvgIpc) is 3.07. The Balaban J connectivity index is 1.86. The molecule has 1 aromatic heterocycles. The van der Waals surface area contributed by atoms with E-state index in [0.29, 0.717) is 6.54 Å². The highest BCUT2D eigenvalue weighted by Gasteiger charge is 2.29. The Bertz CT molecular complexity index is 484. The van der Waals surface area contributed by atoms with Crippen molar-refractivity contribution < 1.29 is 22.7 Å². The molecule has 1 amide bonds. The Hall–Kier alpha value is -1.28. The normalized spacial score (nSPS) is 20.3. The molecule has 8 heteroatoms. The third-order valence-corrected chi connectivity index (χ3v) is 4.38. The molecule has 0 saturated carbocycles. The van der Waals surface area contributed by atoms with Gasteiger partial charge in [0.2, 0.25) is 5.91 Å². The smallest absolute Gasteiger partial charge is 0.422 e. The van der Waals surface area contributed by atoms with Crippen molar-refractivity contribution in [2.75, 3.05) is 19.7 Å². The van der Waals surface area contributed by atoms with E-state index in [4.69, 9.17) is 0 Å². The van der Waals surface area contributed by atoms with Crippen LogP contribution in [-0.4, -0.2) is 31.8 Å². The number of ether oxygens (including phenoxy) is 1. The minimum Gasteiger partial charge on any atom is -0.475 e. The second-order valence-electron chi connectivity index (χ2n) is 4.98. The number of nitrogens with one attached hydrogen (secondary N) is 2. The zero-order valence-corrected chi connectivity index (χ0v) is 12.3. The van der Waals surface area contributed by atoms with Crippen LogP contribution in [0.4, 0.5) is 13.2 Å². The van der Waals surface area contributed by atoms with Gasteiger partial charge in [0.05, 0.1) is 12.0 Å². The summed E-state index contributed by atoms with van der Waals surface area (Å²) >= 11 is 1.11. The number of halogens is 3. The second-order valence-corrected chi connectivity index (χ2v) is 6.06. The van der Waals surface area contributed by atoms with Gasteiger partial charge < -0.3 is 15.4 Å².